The van der Waals surface area contributed by atoms with E-state index >= 15 is 0 Å². The zero-order valence-corrected chi connectivity index (χ0v) is 12.6. The Hall–Kier alpha value is -2.59. The van der Waals surface area contributed by atoms with Crippen molar-refractivity contribution in [1.29, 1.82) is 0 Å². The number of anilines is 2. The van der Waals surface area contributed by atoms with E-state index in [1.165, 1.54) is 6.07 Å². The van der Waals surface area contributed by atoms with Crippen LogP contribution in [0.5, 0.6) is 0 Å². The molecule has 11 heteroatoms. The van der Waals surface area contributed by atoms with E-state index in [9.17, 15) is 19.7 Å². The number of carbonyl (C=O) groups excluding carboxylic acids is 2. The normalized spacial score (nSPS) is 10.1. The quantitative estimate of drug-likeness (QED) is 0.499. The van der Waals surface area contributed by atoms with Crippen LogP contribution in [0.1, 0.15) is 5.01 Å². The summed E-state index contributed by atoms with van der Waals surface area (Å²) in [6, 6.07) is 3.47. The summed E-state index contributed by atoms with van der Waals surface area (Å²) in [6.45, 7) is 1.70. The molecule has 0 fully saturated rings. The highest BCUT2D eigenvalue weighted by molar-refractivity contribution is 7.15. The van der Waals surface area contributed by atoms with Crippen molar-refractivity contribution in [3.05, 3.63) is 38.3 Å². The summed E-state index contributed by atoms with van der Waals surface area (Å²) in [5.74, 6) is -1.94. The van der Waals surface area contributed by atoms with Gasteiger partial charge in [0.25, 0.3) is 5.69 Å². The molecule has 0 bridgehead atoms. The first kappa shape index (κ1) is 15.8. The van der Waals surface area contributed by atoms with Gasteiger partial charge in [-0.3, -0.25) is 25.0 Å². The number of hydrogen-bond donors (Lipinski definition) is 2. The van der Waals surface area contributed by atoms with Gasteiger partial charge in [-0.15, -0.1) is 10.2 Å². The van der Waals surface area contributed by atoms with Gasteiger partial charge in [-0.25, -0.2) is 0 Å². The van der Waals surface area contributed by atoms with Crippen LogP contribution in [-0.4, -0.2) is 26.9 Å². The Morgan fingerprint density at radius 3 is 2.50 bits per heavy atom. The molecule has 0 atom stereocenters. The summed E-state index contributed by atoms with van der Waals surface area (Å²) >= 11 is 6.93. The minimum atomic E-state index is -0.983. The number of carbonyl (C=O) groups is 2. The van der Waals surface area contributed by atoms with Gasteiger partial charge in [0.05, 0.1) is 15.6 Å². The van der Waals surface area contributed by atoms with Gasteiger partial charge in [0, 0.05) is 12.1 Å². The number of amides is 2. The molecule has 9 nitrogen and oxygen atoms in total. The molecule has 0 aliphatic rings. The molecular formula is C11H8ClN5O4S. The van der Waals surface area contributed by atoms with Gasteiger partial charge in [0.1, 0.15) is 5.01 Å². The third kappa shape index (κ3) is 3.74. The van der Waals surface area contributed by atoms with Crippen LogP contribution < -0.4 is 10.6 Å². The molecule has 2 rings (SSSR count). The molecular weight excluding hydrogens is 334 g/mol. The number of rotatable bonds is 3. The number of benzene rings is 1. The summed E-state index contributed by atoms with van der Waals surface area (Å²) in [5.41, 5.74) is -0.141. The summed E-state index contributed by atoms with van der Waals surface area (Å²) in [5, 5.41) is 23.2. The van der Waals surface area contributed by atoms with Crippen LogP contribution in [0.2, 0.25) is 5.02 Å². The number of aryl methyl sites for hydroxylation is 1. The van der Waals surface area contributed by atoms with Crippen LogP contribution in [0, 0.1) is 17.0 Å². The Morgan fingerprint density at radius 2 is 1.95 bits per heavy atom. The molecule has 1 aromatic carbocycles. The van der Waals surface area contributed by atoms with Crippen LogP contribution in [0.25, 0.3) is 0 Å². The first-order valence-corrected chi connectivity index (χ1v) is 6.92. The van der Waals surface area contributed by atoms with E-state index in [4.69, 9.17) is 11.6 Å². The number of nitrogens with one attached hydrogen (secondary N) is 2. The van der Waals surface area contributed by atoms with Gasteiger partial charge in [-0.05, 0) is 13.0 Å². The second-order valence-electron chi connectivity index (χ2n) is 3.96. The highest BCUT2D eigenvalue weighted by Gasteiger charge is 2.18. The first-order valence-electron chi connectivity index (χ1n) is 5.73. The number of nitrogens with zero attached hydrogens (tertiary/aromatic N) is 3. The number of nitro benzene ring substituents is 1. The van der Waals surface area contributed by atoms with E-state index < -0.39 is 16.7 Å². The molecule has 114 valence electrons. The second kappa shape index (κ2) is 6.45. The molecule has 2 amide bonds. The van der Waals surface area contributed by atoms with E-state index in [-0.39, 0.29) is 21.5 Å². The van der Waals surface area contributed by atoms with Gasteiger partial charge >= 0.3 is 11.8 Å². The SMILES string of the molecule is Cc1nnc(NC(=O)C(=O)Nc2ccc([N+](=O)[O-])cc2Cl)s1. The zero-order chi connectivity index (χ0) is 16.3. The molecule has 0 unspecified atom stereocenters. The summed E-state index contributed by atoms with van der Waals surface area (Å²) < 4.78 is 0. The number of non-ortho nitro benzene ring substituents is 1. The molecule has 0 aliphatic heterocycles. The average molecular weight is 342 g/mol. The molecule has 22 heavy (non-hydrogen) atoms. The van der Waals surface area contributed by atoms with Gasteiger partial charge in [0.2, 0.25) is 5.13 Å². The average Bonchev–Trinajstić information content (AvgIpc) is 2.85. The predicted molar refractivity (Wildman–Crippen MR) is 80.0 cm³/mol. The highest BCUT2D eigenvalue weighted by Crippen LogP contribution is 2.26. The van der Waals surface area contributed by atoms with E-state index in [1.54, 1.807) is 6.92 Å². The van der Waals surface area contributed by atoms with Crippen LogP contribution in [0.4, 0.5) is 16.5 Å². The third-order valence-corrected chi connectivity index (χ3v) is 3.43. The lowest BCUT2D eigenvalue weighted by Crippen LogP contribution is -2.29. The molecule has 0 radical (unpaired) electrons. The summed E-state index contributed by atoms with van der Waals surface area (Å²) in [7, 11) is 0. The maximum Gasteiger partial charge on any atom is 0.315 e. The standard InChI is InChI=1S/C11H8ClN5O4S/c1-5-15-16-11(22-5)14-10(19)9(18)13-8-3-2-6(17(20)21)4-7(8)12/h2-4H,1H3,(H,13,18)(H,14,16,19). The van der Waals surface area contributed by atoms with Gasteiger partial charge in [0.15, 0.2) is 0 Å². The van der Waals surface area contributed by atoms with Crippen molar-refractivity contribution in [3.63, 3.8) is 0 Å². The summed E-state index contributed by atoms with van der Waals surface area (Å²) in [4.78, 5) is 33.4. The first-order chi connectivity index (χ1) is 10.4. The van der Waals surface area contributed by atoms with E-state index in [0.717, 1.165) is 23.5 Å². The van der Waals surface area contributed by atoms with Crippen molar-refractivity contribution < 1.29 is 14.5 Å². The number of nitro groups is 1. The number of halogens is 1. The van der Waals surface area contributed by atoms with Gasteiger partial charge in [-0.1, -0.05) is 22.9 Å². The van der Waals surface area contributed by atoms with Crippen molar-refractivity contribution in [2.45, 2.75) is 6.92 Å². The maximum atomic E-state index is 11.7. The lowest BCUT2D eigenvalue weighted by Gasteiger charge is -2.06. The molecule has 0 spiro atoms. The number of aromatic nitrogens is 2. The Morgan fingerprint density at radius 1 is 1.27 bits per heavy atom. The maximum absolute atomic E-state index is 11.7. The second-order valence-corrected chi connectivity index (χ2v) is 5.54. The smallest absolute Gasteiger partial charge is 0.315 e. The minimum Gasteiger partial charge on any atom is -0.316 e. The Kier molecular flexibility index (Phi) is 4.63. The molecule has 0 aliphatic carbocycles. The lowest BCUT2D eigenvalue weighted by molar-refractivity contribution is -0.384. The minimum absolute atomic E-state index is 0.0536. The highest BCUT2D eigenvalue weighted by atomic mass is 35.5. The fourth-order valence-corrected chi connectivity index (χ4v) is 2.21. The third-order valence-electron chi connectivity index (χ3n) is 2.36. The molecule has 1 heterocycles. The topological polar surface area (TPSA) is 127 Å². The fourth-order valence-electron chi connectivity index (χ4n) is 1.40. The van der Waals surface area contributed by atoms with Crippen molar-refractivity contribution in [2.24, 2.45) is 0 Å². The van der Waals surface area contributed by atoms with Crippen molar-refractivity contribution in [1.82, 2.24) is 10.2 Å². The monoisotopic (exact) mass is 341 g/mol. The zero-order valence-electron chi connectivity index (χ0n) is 11.0. The van der Waals surface area contributed by atoms with Crippen LogP contribution in [-0.2, 0) is 9.59 Å². The van der Waals surface area contributed by atoms with Gasteiger partial charge < -0.3 is 5.32 Å². The van der Waals surface area contributed by atoms with Gasteiger partial charge in [-0.2, -0.15) is 0 Å². The van der Waals surface area contributed by atoms with Crippen molar-refractivity contribution in [2.75, 3.05) is 10.6 Å². The fraction of sp³-hybridized carbons (Fsp3) is 0.0909. The molecule has 0 saturated carbocycles. The van der Waals surface area contributed by atoms with Crippen molar-refractivity contribution in [3.8, 4) is 0 Å². The Labute approximate surface area is 132 Å². The molecule has 0 saturated heterocycles. The number of hydrogen-bond acceptors (Lipinski definition) is 7. The largest absolute Gasteiger partial charge is 0.316 e. The van der Waals surface area contributed by atoms with Crippen molar-refractivity contribution >= 4 is 51.3 Å². The van der Waals surface area contributed by atoms with E-state index in [0.29, 0.717) is 5.01 Å². The predicted octanol–water partition coefficient (Wildman–Crippen LogP) is 1.99. The Balaban J connectivity index is 2.05. The van der Waals surface area contributed by atoms with Crippen LogP contribution in [0.3, 0.4) is 0 Å². The molecule has 2 N–H and O–H groups in total. The Bertz CT molecular complexity index is 763. The summed E-state index contributed by atoms with van der Waals surface area (Å²) in [6.07, 6.45) is 0. The van der Waals surface area contributed by atoms with Crippen LogP contribution in [0.15, 0.2) is 18.2 Å². The van der Waals surface area contributed by atoms with Crippen LogP contribution >= 0.6 is 22.9 Å². The molecule has 1 aromatic heterocycles. The van der Waals surface area contributed by atoms with E-state index in [1.807, 2.05) is 0 Å². The lowest BCUT2D eigenvalue weighted by atomic mass is 10.3. The van der Waals surface area contributed by atoms with E-state index in [2.05, 4.69) is 20.8 Å². The molecule has 2 aromatic rings.